The van der Waals surface area contributed by atoms with Crippen molar-refractivity contribution in [2.24, 2.45) is 0 Å². The molecule has 0 saturated carbocycles. The fourth-order valence-corrected chi connectivity index (χ4v) is 4.71. The average Bonchev–Trinajstić information content (AvgIpc) is 2.43. The lowest BCUT2D eigenvalue weighted by atomic mass is 10.1. The maximum Gasteiger partial charge on any atom is 0.243 e. The van der Waals surface area contributed by atoms with Gasteiger partial charge in [-0.05, 0) is 44.9 Å². The minimum atomic E-state index is -3.47. The minimum absolute atomic E-state index is 0.375. The summed E-state index contributed by atoms with van der Waals surface area (Å²) in [6, 6.07) is 3.99. The van der Waals surface area contributed by atoms with Crippen molar-refractivity contribution in [1.82, 2.24) is 9.21 Å². The van der Waals surface area contributed by atoms with Gasteiger partial charge in [0.1, 0.15) is 0 Å². The molecule has 1 fully saturated rings. The van der Waals surface area contributed by atoms with Crippen molar-refractivity contribution in [3.8, 4) is 0 Å². The van der Waals surface area contributed by atoms with Gasteiger partial charge in [-0.25, -0.2) is 8.42 Å². The molecule has 1 aromatic rings. The molecule has 118 valence electrons. The number of nitrogens with two attached hydrogens (primary N) is 1. The highest BCUT2D eigenvalue weighted by molar-refractivity contribution is 7.89. The molecule has 2 rings (SSSR count). The molecule has 0 aromatic heterocycles. The van der Waals surface area contributed by atoms with Crippen LogP contribution in [0.25, 0.3) is 0 Å². The van der Waals surface area contributed by atoms with E-state index < -0.39 is 10.0 Å². The van der Waals surface area contributed by atoms with E-state index in [9.17, 15) is 8.42 Å². The van der Waals surface area contributed by atoms with E-state index in [1.807, 2.05) is 6.92 Å². The number of benzene rings is 1. The molecule has 0 amide bonds. The second-order valence-corrected chi connectivity index (χ2v) is 7.83. The summed E-state index contributed by atoms with van der Waals surface area (Å²) in [7, 11) is -3.47. The summed E-state index contributed by atoms with van der Waals surface area (Å²) < 4.78 is 27.4. The molecule has 21 heavy (non-hydrogen) atoms. The first-order valence-corrected chi connectivity index (χ1v) is 8.79. The second kappa shape index (κ2) is 5.94. The quantitative estimate of drug-likeness (QED) is 0.861. The van der Waals surface area contributed by atoms with Crippen molar-refractivity contribution in [3.63, 3.8) is 0 Å². The van der Waals surface area contributed by atoms with Crippen LogP contribution in [-0.2, 0) is 10.0 Å². The van der Waals surface area contributed by atoms with Crippen LogP contribution in [0.2, 0.25) is 0 Å². The zero-order valence-electron chi connectivity index (χ0n) is 13.3. The van der Waals surface area contributed by atoms with Gasteiger partial charge in [0.05, 0.1) is 4.90 Å². The highest BCUT2D eigenvalue weighted by Gasteiger charge is 2.31. The molecule has 1 saturated heterocycles. The lowest BCUT2D eigenvalue weighted by Crippen LogP contribution is -2.50. The molecule has 1 aromatic carbocycles. The van der Waals surface area contributed by atoms with E-state index in [-0.39, 0.29) is 0 Å². The largest absolute Gasteiger partial charge is 0.398 e. The lowest BCUT2D eigenvalue weighted by Gasteiger charge is -2.36. The van der Waals surface area contributed by atoms with Gasteiger partial charge in [0.15, 0.2) is 0 Å². The molecule has 1 aliphatic heterocycles. The highest BCUT2D eigenvalue weighted by Crippen LogP contribution is 2.28. The van der Waals surface area contributed by atoms with E-state index in [1.165, 1.54) is 0 Å². The SMILES string of the molecule is Cc1ccc(N)c(C)c1S(=O)(=O)N1CCN(C(C)C)CC1. The van der Waals surface area contributed by atoms with Crippen LogP contribution in [0, 0.1) is 13.8 Å². The molecular formula is C15H25N3O2S. The van der Waals surface area contributed by atoms with E-state index in [4.69, 9.17) is 5.73 Å². The standard InChI is InChI=1S/C15H25N3O2S/c1-11(2)17-7-9-18(10-8-17)21(19,20)15-12(3)5-6-14(16)13(15)4/h5-6,11H,7-10,16H2,1-4H3. The van der Waals surface area contributed by atoms with Gasteiger partial charge in [-0.1, -0.05) is 6.07 Å². The smallest absolute Gasteiger partial charge is 0.243 e. The molecule has 0 aliphatic carbocycles. The number of nitrogens with zero attached hydrogens (tertiary/aromatic N) is 2. The first kappa shape index (κ1) is 16.3. The fraction of sp³-hybridized carbons (Fsp3) is 0.600. The van der Waals surface area contributed by atoms with Gasteiger partial charge < -0.3 is 5.73 Å². The number of hydrogen-bond acceptors (Lipinski definition) is 4. The molecule has 1 heterocycles. The number of rotatable bonds is 3. The Morgan fingerprint density at radius 2 is 1.67 bits per heavy atom. The van der Waals surface area contributed by atoms with Crippen LogP contribution >= 0.6 is 0 Å². The molecule has 0 atom stereocenters. The van der Waals surface area contributed by atoms with Crippen molar-refractivity contribution >= 4 is 15.7 Å². The van der Waals surface area contributed by atoms with Crippen molar-refractivity contribution in [1.29, 1.82) is 0 Å². The number of hydrogen-bond donors (Lipinski definition) is 1. The Morgan fingerprint density at radius 3 is 2.19 bits per heavy atom. The average molecular weight is 311 g/mol. The zero-order chi connectivity index (χ0) is 15.8. The van der Waals surface area contributed by atoms with Crippen molar-refractivity contribution in [3.05, 3.63) is 23.3 Å². The molecule has 6 heteroatoms. The summed E-state index contributed by atoms with van der Waals surface area (Å²) in [5, 5.41) is 0. The minimum Gasteiger partial charge on any atom is -0.398 e. The molecule has 0 radical (unpaired) electrons. The van der Waals surface area contributed by atoms with Crippen LogP contribution in [0.1, 0.15) is 25.0 Å². The summed E-state index contributed by atoms with van der Waals surface area (Å²) >= 11 is 0. The Morgan fingerprint density at radius 1 is 1.10 bits per heavy atom. The summed E-state index contributed by atoms with van der Waals surface area (Å²) in [5.74, 6) is 0. The van der Waals surface area contributed by atoms with Crippen molar-refractivity contribution in [2.75, 3.05) is 31.9 Å². The van der Waals surface area contributed by atoms with Gasteiger partial charge >= 0.3 is 0 Å². The number of nitrogen functional groups attached to an aromatic ring is 1. The molecule has 1 aliphatic rings. The Bertz CT molecular complexity index is 618. The maximum absolute atomic E-state index is 12.9. The van der Waals surface area contributed by atoms with E-state index >= 15 is 0 Å². The van der Waals surface area contributed by atoms with Crippen LogP contribution < -0.4 is 5.73 Å². The van der Waals surface area contributed by atoms with E-state index in [2.05, 4.69) is 18.7 Å². The van der Waals surface area contributed by atoms with Crippen LogP contribution in [0.15, 0.2) is 17.0 Å². The van der Waals surface area contributed by atoms with E-state index in [0.717, 1.165) is 18.7 Å². The molecule has 0 bridgehead atoms. The Kier molecular flexibility index (Phi) is 4.60. The first-order chi connectivity index (χ1) is 9.75. The van der Waals surface area contributed by atoms with E-state index in [1.54, 1.807) is 23.4 Å². The Hall–Kier alpha value is -1.11. The number of piperazine rings is 1. The van der Waals surface area contributed by atoms with Gasteiger partial charge in [0.25, 0.3) is 0 Å². The number of sulfonamides is 1. The molecule has 0 spiro atoms. The Labute approximate surface area is 127 Å². The molecule has 0 unspecified atom stereocenters. The summed E-state index contributed by atoms with van der Waals surface area (Å²) in [6.07, 6.45) is 0. The van der Waals surface area contributed by atoms with Gasteiger partial charge in [-0.15, -0.1) is 0 Å². The predicted octanol–water partition coefficient (Wildman–Crippen LogP) is 1.60. The molecule has 2 N–H and O–H groups in total. The van der Waals surface area contributed by atoms with Crippen LogP contribution in [0.5, 0.6) is 0 Å². The highest BCUT2D eigenvalue weighted by atomic mass is 32.2. The van der Waals surface area contributed by atoms with Crippen LogP contribution in [0.4, 0.5) is 5.69 Å². The summed E-state index contributed by atoms with van der Waals surface area (Å²) in [5.41, 5.74) is 7.83. The monoisotopic (exact) mass is 311 g/mol. The third-order valence-electron chi connectivity index (χ3n) is 4.25. The Balaban J connectivity index is 2.30. The number of anilines is 1. The van der Waals surface area contributed by atoms with Crippen molar-refractivity contribution in [2.45, 2.75) is 38.6 Å². The van der Waals surface area contributed by atoms with Gasteiger partial charge in [-0.3, -0.25) is 4.90 Å². The van der Waals surface area contributed by atoms with Crippen molar-refractivity contribution < 1.29 is 8.42 Å². The second-order valence-electron chi connectivity index (χ2n) is 5.96. The fourth-order valence-electron chi connectivity index (χ4n) is 2.83. The van der Waals surface area contributed by atoms with Gasteiger partial charge in [0, 0.05) is 37.9 Å². The lowest BCUT2D eigenvalue weighted by molar-refractivity contribution is 0.154. The predicted molar refractivity (Wildman–Crippen MR) is 85.8 cm³/mol. The molecule has 5 nitrogen and oxygen atoms in total. The summed E-state index contributed by atoms with van der Waals surface area (Å²) in [4.78, 5) is 2.67. The third kappa shape index (κ3) is 3.07. The third-order valence-corrected chi connectivity index (χ3v) is 6.44. The number of aryl methyl sites for hydroxylation is 1. The maximum atomic E-state index is 12.9. The topological polar surface area (TPSA) is 66.6 Å². The normalized spacial score (nSPS) is 18.3. The first-order valence-electron chi connectivity index (χ1n) is 7.35. The van der Waals surface area contributed by atoms with Crippen LogP contribution in [0.3, 0.4) is 0 Å². The van der Waals surface area contributed by atoms with E-state index in [0.29, 0.717) is 35.3 Å². The van der Waals surface area contributed by atoms with Gasteiger partial charge in [-0.2, -0.15) is 4.31 Å². The molecular weight excluding hydrogens is 286 g/mol. The zero-order valence-corrected chi connectivity index (χ0v) is 14.1. The van der Waals surface area contributed by atoms with Crippen LogP contribution in [-0.4, -0.2) is 49.8 Å². The van der Waals surface area contributed by atoms with Gasteiger partial charge in [0.2, 0.25) is 10.0 Å². The summed E-state index contributed by atoms with van der Waals surface area (Å²) in [6.45, 7) is 10.5.